The lowest BCUT2D eigenvalue weighted by atomic mass is 10.2. The molecule has 8 heteroatoms. The molecule has 26 heavy (non-hydrogen) atoms. The average Bonchev–Trinajstić information content (AvgIpc) is 3.30. The highest BCUT2D eigenvalue weighted by Gasteiger charge is 2.20. The minimum Gasteiger partial charge on any atom is -0.468 e. The number of carbonyl (C=O) groups is 2. The normalized spacial score (nSPS) is 13.5. The number of hydrogen-bond donors (Lipinski definition) is 2. The Bertz CT molecular complexity index is 773. The second-order valence-electron chi connectivity index (χ2n) is 6.08. The molecule has 0 saturated carbocycles. The molecule has 1 aliphatic rings. The van der Waals surface area contributed by atoms with Gasteiger partial charge in [0.1, 0.15) is 5.76 Å². The zero-order chi connectivity index (χ0) is 18.5. The summed E-state index contributed by atoms with van der Waals surface area (Å²) in [6.45, 7) is 0.672. The van der Waals surface area contributed by atoms with E-state index in [2.05, 4.69) is 10.6 Å². The highest BCUT2D eigenvalue weighted by atomic mass is 16.7. The molecule has 1 aromatic heterocycles. The summed E-state index contributed by atoms with van der Waals surface area (Å²) in [4.78, 5) is 25.9. The summed E-state index contributed by atoms with van der Waals surface area (Å²) in [5, 5.41) is 5.23. The Labute approximate surface area is 151 Å². The third-order valence-corrected chi connectivity index (χ3v) is 4.05. The first kappa shape index (κ1) is 17.8. The van der Waals surface area contributed by atoms with Crippen LogP contribution in [0.1, 0.15) is 17.4 Å². The molecule has 1 aromatic carbocycles. The third-order valence-electron chi connectivity index (χ3n) is 4.05. The van der Waals surface area contributed by atoms with Crippen LogP contribution in [-0.2, 0) is 16.1 Å². The maximum atomic E-state index is 12.0. The van der Waals surface area contributed by atoms with Gasteiger partial charge in [-0.3, -0.25) is 14.5 Å². The van der Waals surface area contributed by atoms with E-state index in [4.69, 9.17) is 13.9 Å². The Balaban J connectivity index is 1.49. The fourth-order valence-corrected chi connectivity index (χ4v) is 2.60. The Morgan fingerprint density at radius 3 is 2.62 bits per heavy atom. The van der Waals surface area contributed by atoms with Gasteiger partial charge in [0, 0.05) is 13.1 Å². The number of likely N-dealkylation sites (N-methyl/N-ethyl adjacent to an activating group) is 1. The predicted molar refractivity (Wildman–Crippen MR) is 92.6 cm³/mol. The Morgan fingerprint density at radius 2 is 1.88 bits per heavy atom. The molecule has 2 heterocycles. The van der Waals surface area contributed by atoms with Gasteiger partial charge in [0.25, 0.3) is 0 Å². The fraction of sp³-hybridized carbons (Fsp3) is 0.333. The molecular formula is C18H21N3O5. The molecule has 0 fully saturated rings. The number of fused-ring (bicyclic) bond motifs is 1. The minimum atomic E-state index is -0.695. The maximum absolute atomic E-state index is 12.0. The van der Waals surface area contributed by atoms with E-state index in [0.717, 1.165) is 11.3 Å². The molecule has 2 amide bonds. The van der Waals surface area contributed by atoms with Gasteiger partial charge in [0.2, 0.25) is 6.79 Å². The largest absolute Gasteiger partial charge is 0.468 e. The Kier molecular flexibility index (Phi) is 5.43. The Hall–Kier alpha value is -3.00. The summed E-state index contributed by atoms with van der Waals surface area (Å²) < 4.78 is 15.9. The van der Waals surface area contributed by atoms with Gasteiger partial charge in [-0.1, -0.05) is 6.07 Å². The molecule has 2 N–H and O–H groups in total. The van der Waals surface area contributed by atoms with Crippen LogP contribution in [0.2, 0.25) is 0 Å². The van der Waals surface area contributed by atoms with Crippen molar-refractivity contribution in [2.45, 2.75) is 12.6 Å². The van der Waals surface area contributed by atoms with Crippen LogP contribution in [0.3, 0.4) is 0 Å². The van der Waals surface area contributed by atoms with Crippen molar-refractivity contribution in [2.24, 2.45) is 0 Å². The number of hydrogen-bond acceptors (Lipinski definition) is 6. The van der Waals surface area contributed by atoms with Gasteiger partial charge >= 0.3 is 11.8 Å². The lowest BCUT2D eigenvalue weighted by Crippen LogP contribution is -2.42. The van der Waals surface area contributed by atoms with Crippen molar-refractivity contribution in [3.8, 4) is 11.5 Å². The molecule has 0 spiro atoms. The van der Waals surface area contributed by atoms with Crippen molar-refractivity contribution < 1.29 is 23.5 Å². The van der Waals surface area contributed by atoms with Crippen LogP contribution in [0, 0.1) is 0 Å². The van der Waals surface area contributed by atoms with E-state index in [9.17, 15) is 9.59 Å². The molecule has 8 nitrogen and oxygen atoms in total. The van der Waals surface area contributed by atoms with Gasteiger partial charge in [0.15, 0.2) is 11.5 Å². The summed E-state index contributed by atoms with van der Waals surface area (Å²) in [6, 6.07) is 8.82. The lowest BCUT2D eigenvalue weighted by Gasteiger charge is -2.22. The maximum Gasteiger partial charge on any atom is 0.309 e. The van der Waals surface area contributed by atoms with Crippen LogP contribution in [0.4, 0.5) is 0 Å². The van der Waals surface area contributed by atoms with Crippen LogP contribution in [0.15, 0.2) is 41.0 Å². The van der Waals surface area contributed by atoms with Crippen LogP contribution in [0.5, 0.6) is 11.5 Å². The van der Waals surface area contributed by atoms with E-state index in [-0.39, 0.29) is 25.9 Å². The van der Waals surface area contributed by atoms with Crippen molar-refractivity contribution in [3.05, 3.63) is 47.9 Å². The quantitative estimate of drug-likeness (QED) is 0.749. The number of benzene rings is 1. The number of nitrogens with one attached hydrogen (secondary N) is 2. The lowest BCUT2D eigenvalue weighted by molar-refractivity contribution is -0.139. The smallest absolute Gasteiger partial charge is 0.309 e. The number of ether oxygens (including phenoxy) is 2. The van der Waals surface area contributed by atoms with E-state index < -0.39 is 11.8 Å². The highest BCUT2D eigenvalue weighted by molar-refractivity contribution is 6.35. The first-order valence-electron chi connectivity index (χ1n) is 8.19. The molecule has 0 bridgehead atoms. The molecule has 3 rings (SSSR count). The summed E-state index contributed by atoms with van der Waals surface area (Å²) in [6.07, 6.45) is 1.58. The van der Waals surface area contributed by atoms with Crippen LogP contribution in [0.25, 0.3) is 0 Å². The van der Waals surface area contributed by atoms with Crippen LogP contribution >= 0.6 is 0 Å². The zero-order valence-corrected chi connectivity index (χ0v) is 14.7. The highest BCUT2D eigenvalue weighted by Crippen LogP contribution is 2.32. The van der Waals surface area contributed by atoms with E-state index in [0.29, 0.717) is 11.5 Å². The molecule has 0 unspecified atom stereocenters. The summed E-state index contributed by atoms with van der Waals surface area (Å²) in [5.74, 6) is 0.638. The number of nitrogens with zero attached hydrogens (tertiary/aromatic N) is 1. The van der Waals surface area contributed by atoms with Gasteiger partial charge in [-0.15, -0.1) is 0 Å². The predicted octanol–water partition coefficient (Wildman–Crippen LogP) is 1.04. The number of rotatable bonds is 6. The van der Waals surface area contributed by atoms with Crippen LogP contribution in [-0.4, -0.2) is 44.1 Å². The number of amides is 2. The SMILES string of the molecule is CN(C)[C@@H](CNC(=O)C(=O)NCc1ccc2c(c1)OCO2)c1ccco1. The van der Waals surface area contributed by atoms with Crippen molar-refractivity contribution in [1.82, 2.24) is 15.5 Å². The van der Waals surface area contributed by atoms with Gasteiger partial charge in [-0.25, -0.2) is 0 Å². The van der Waals surface area contributed by atoms with Crippen molar-refractivity contribution >= 4 is 11.8 Å². The van der Waals surface area contributed by atoms with E-state index in [1.807, 2.05) is 31.1 Å². The first-order valence-corrected chi connectivity index (χ1v) is 8.19. The molecule has 138 valence electrons. The van der Waals surface area contributed by atoms with Crippen molar-refractivity contribution in [2.75, 3.05) is 27.4 Å². The minimum absolute atomic E-state index is 0.157. The molecule has 2 aromatic rings. The van der Waals surface area contributed by atoms with E-state index in [1.54, 1.807) is 24.5 Å². The fourth-order valence-electron chi connectivity index (χ4n) is 2.60. The van der Waals surface area contributed by atoms with Crippen molar-refractivity contribution in [3.63, 3.8) is 0 Å². The zero-order valence-electron chi connectivity index (χ0n) is 14.7. The second kappa shape index (κ2) is 7.92. The summed E-state index contributed by atoms with van der Waals surface area (Å²) >= 11 is 0. The monoisotopic (exact) mass is 359 g/mol. The summed E-state index contributed by atoms with van der Waals surface area (Å²) in [5.41, 5.74) is 0.817. The van der Waals surface area contributed by atoms with Gasteiger partial charge < -0.3 is 24.5 Å². The van der Waals surface area contributed by atoms with Crippen LogP contribution < -0.4 is 20.1 Å². The molecule has 0 saturated heterocycles. The second-order valence-corrected chi connectivity index (χ2v) is 6.08. The van der Waals surface area contributed by atoms with Crippen molar-refractivity contribution in [1.29, 1.82) is 0 Å². The standard InChI is InChI=1S/C18H21N3O5/c1-21(2)13(14-4-3-7-24-14)10-20-18(23)17(22)19-9-12-5-6-15-16(8-12)26-11-25-15/h3-8,13H,9-11H2,1-2H3,(H,19,22)(H,20,23)/t13-/m0/s1. The molecule has 1 aliphatic heterocycles. The average molecular weight is 359 g/mol. The van der Waals surface area contributed by atoms with Gasteiger partial charge in [0.05, 0.1) is 12.3 Å². The first-order chi connectivity index (χ1) is 12.5. The molecular weight excluding hydrogens is 338 g/mol. The van der Waals surface area contributed by atoms with E-state index in [1.165, 1.54) is 0 Å². The Morgan fingerprint density at radius 1 is 1.12 bits per heavy atom. The molecule has 1 atom stereocenters. The van der Waals surface area contributed by atoms with Gasteiger partial charge in [-0.2, -0.15) is 0 Å². The third kappa shape index (κ3) is 4.15. The topological polar surface area (TPSA) is 93.0 Å². The molecule has 0 radical (unpaired) electrons. The summed E-state index contributed by atoms with van der Waals surface area (Å²) in [7, 11) is 3.75. The number of furan rings is 1. The number of carbonyl (C=O) groups excluding carboxylic acids is 2. The van der Waals surface area contributed by atoms with E-state index >= 15 is 0 Å². The van der Waals surface area contributed by atoms with Gasteiger partial charge in [-0.05, 0) is 43.9 Å². The molecule has 0 aliphatic carbocycles.